The van der Waals surface area contributed by atoms with Crippen LogP contribution in [0.15, 0.2) is 61.2 Å². The summed E-state index contributed by atoms with van der Waals surface area (Å²) in [6.07, 6.45) is 1.70. The molecular weight excluding hydrogens is 307 g/mol. The summed E-state index contributed by atoms with van der Waals surface area (Å²) in [5.41, 5.74) is 1.71. The first kappa shape index (κ1) is 17.7. The maximum absolute atomic E-state index is 12.8. The molecule has 0 radical (unpaired) electrons. The quantitative estimate of drug-likeness (QED) is 0.728. The van der Waals surface area contributed by atoms with E-state index in [1.54, 1.807) is 18.2 Å². The predicted octanol–water partition coefficient (Wildman–Crippen LogP) is 2.04. The summed E-state index contributed by atoms with van der Waals surface area (Å²) >= 11 is 0. The van der Waals surface area contributed by atoms with Crippen LogP contribution in [0.5, 0.6) is 5.75 Å². The van der Waals surface area contributed by atoms with E-state index in [0.29, 0.717) is 18.8 Å². The molecule has 0 aliphatic rings. The van der Waals surface area contributed by atoms with Crippen molar-refractivity contribution in [1.29, 1.82) is 0 Å². The third-order valence-corrected chi connectivity index (χ3v) is 3.39. The Morgan fingerprint density at radius 3 is 2.50 bits per heavy atom. The van der Waals surface area contributed by atoms with Gasteiger partial charge in [-0.15, -0.1) is 0 Å². The van der Waals surface area contributed by atoms with Gasteiger partial charge in [0.15, 0.2) is 6.54 Å². The van der Waals surface area contributed by atoms with Crippen molar-refractivity contribution in [2.45, 2.75) is 6.54 Å². The number of nitrogens with one attached hydrogen (secondary N) is 2. The fourth-order valence-corrected chi connectivity index (χ4v) is 2.28. The molecule has 0 aromatic heterocycles. The molecule has 0 spiro atoms. The topological polar surface area (TPSA) is 42.8 Å². The molecule has 0 bridgehead atoms. The molecule has 5 heteroatoms. The highest BCUT2D eigenvalue weighted by Crippen LogP contribution is 2.11. The van der Waals surface area contributed by atoms with E-state index in [2.05, 4.69) is 11.9 Å². The standard InChI is InChI=1S/C19H21FN2O2/c1-3-12-24-18-10-4-15(5-11-18)13-22(2)14-19(23)21-17-8-6-16(20)7-9-17/h3-11H,1,12-14H2,2H3,(H,21,23)/p+1. The Morgan fingerprint density at radius 1 is 1.21 bits per heavy atom. The van der Waals surface area contributed by atoms with Gasteiger partial charge in [0.1, 0.15) is 24.7 Å². The summed E-state index contributed by atoms with van der Waals surface area (Å²) < 4.78 is 18.3. The number of benzene rings is 2. The molecule has 126 valence electrons. The van der Waals surface area contributed by atoms with Crippen LogP contribution in [0.25, 0.3) is 0 Å². The van der Waals surface area contributed by atoms with Gasteiger partial charge in [-0.3, -0.25) is 4.79 Å². The second kappa shape index (κ2) is 8.84. The Bertz CT molecular complexity index is 669. The zero-order valence-corrected chi connectivity index (χ0v) is 13.7. The lowest BCUT2D eigenvalue weighted by atomic mass is 10.2. The number of rotatable bonds is 8. The molecular formula is C19H22FN2O2+. The smallest absolute Gasteiger partial charge is 0.279 e. The van der Waals surface area contributed by atoms with Crippen molar-refractivity contribution >= 4 is 11.6 Å². The van der Waals surface area contributed by atoms with Crippen molar-refractivity contribution in [3.05, 3.63) is 72.6 Å². The van der Waals surface area contributed by atoms with Crippen LogP contribution in [0.2, 0.25) is 0 Å². The molecule has 0 aliphatic carbocycles. The second-order valence-electron chi connectivity index (χ2n) is 5.61. The van der Waals surface area contributed by atoms with Crippen molar-refractivity contribution < 1.29 is 18.8 Å². The molecule has 1 unspecified atom stereocenters. The number of likely N-dealkylation sites (N-methyl/N-ethyl adjacent to an activating group) is 1. The number of quaternary nitrogens is 1. The van der Waals surface area contributed by atoms with Gasteiger partial charge in [0.2, 0.25) is 0 Å². The van der Waals surface area contributed by atoms with Crippen LogP contribution in [0, 0.1) is 5.82 Å². The molecule has 0 saturated heterocycles. The number of ether oxygens (including phenoxy) is 1. The molecule has 1 amide bonds. The van der Waals surface area contributed by atoms with Crippen molar-refractivity contribution in [1.82, 2.24) is 0 Å². The lowest BCUT2D eigenvalue weighted by Gasteiger charge is -2.14. The molecule has 0 heterocycles. The lowest BCUT2D eigenvalue weighted by Crippen LogP contribution is -3.08. The van der Waals surface area contributed by atoms with Crippen molar-refractivity contribution in [3.63, 3.8) is 0 Å². The Morgan fingerprint density at radius 2 is 1.88 bits per heavy atom. The van der Waals surface area contributed by atoms with E-state index in [-0.39, 0.29) is 11.7 Å². The zero-order chi connectivity index (χ0) is 17.4. The van der Waals surface area contributed by atoms with Crippen LogP contribution in [0.4, 0.5) is 10.1 Å². The summed E-state index contributed by atoms with van der Waals surface area (Å²) in [7, 11) is 1.95. The fraction of sp³-hybridized carbons (Fsp3) is 0.211. The maximum atomic E-state index is 12.8. The molecule has 2 N–H and O–H groups in total. The van der Waals surface area contributed by atoms with E-state index in [0.717, 1.165) is 22.8 Å². The number of hydrogen-bond donors (Lipinski definition) is 2. The highest BCUT2D eigenvalue weighted by molar-refractivity contribution is 5.91. The summed E-state index contributed by atoms with van der Waals surface area (Å²) in [6, 6.07) is 13.5. The molecule has 1 atom stereocenters. The number of carbonyl (C=O) groups is 1. The van der Waals surface area contributed by atoms with E-state index in [4.69, 9.17) is 4.74 Å². The van der Waals surface area contributed by atoms with Crippen LogP contribution < -0.4 is 15.0 Å². The van der Waals surface area contributed by atoms with Gasteiger partial charge in [-0.25, -0.2) is 4.39 Å². The lowest BCUT2D eigenvalue weighted by molar-refractivity contribution is -0.885. The van der Waals surface area contributed by atoms with Crippen LogP contribution in [0.1, 0.15) is 5.56 Å². The molecule has 2 aromatic rings. The van der Waals surface area contributed by atoms with Gasteiger partial charge in [-0.2, -0.15) is 0 Å². The van der Waals surface area contributed by atoms with E-state index in [1.165, 1.54) is 12.1 Å². The minimum absolute atomic E-state index is 0.106. The number of hydrogen-bond acceptors (Lipinski definition) is 2. The van der Waals surface area contributed by atoms with Gasteiger partial charge in [-0.05, 0) is 48.5 Å². The number of anilines is 1. The van der Waals surface area contributed by atoms with E-state index < -0.39 is 0 Å². The Balaban J connectivity index is 1.81. The molecule has 0 aliphatic heterocycles. The van der Waals surface area contributed by atoms with E-state index in [1.807, 2.05) is 31.3 Å². The van der Waals surface area contributed by atoms with E-state index >= 15 is 0 Å². The third kappa shape index (κ3) is 5.85. The zero-order valence-electron chi connectivity index (χ0n) is 13.7. The monoisotopic (exact) mass is 329 g/mol. The summed E-state index contributed by atoms with van der Waals surface area (Å²) in [6.45, 7) is 5.14. The predicted molar refractivity (Wildman–Crippen MR) is 92.6 cm³/mol. The minimum atomic E-state index is -0.323. The van der Waals surface area contributed by atoms with Gasteiger partial charge < -0.3 is 15.0 Å². The highest BCUT2D eigenvalue weighted by atomic mass is 19.1. The minimum Gasteiger partial charge on any atom is -0.490 e. The molecule has 24 heavy (non-hydrogen) atoms. The van der Waals surface area contributed by atoms with Gasteiger partial charge in [0.05, 0.1) is 7.05 Å². The fourth-order valence-electron chi connectivity index (χ4n) is 2.28. The first-order chi connectivity index (χ1) is 11.6. The van der Waals surface area contributed by atoms with E-state index in [9.17, 15) is 9.18 Å². The largest absolute Gasteiger partial charge is 0.490 e. The van der Waals surface area contributed by atoms with Gasteiger partial charge >= 0.3 is 0 Å². The Hall–Kier alpha value is -2.66. The summed E-state index contributed by atoms with van der Waals surface area (Å²) in [5, 5.41) is 2.76. The van der Waals surface area contributed by atoms with Gasteiger partial charge in [0, 0.05) is 11.3 Å². The number of carbonyl (C=O) groups excluding carboxylic acids is 1. The SMILES string of the molecule is C=CCOc1ccc(C[NH+](C)CC(=O)Nc2ccc(F)cc2)cc1. The normalized spacial score (nSPS) is 11.6. The van der Waals surface area contributed by atoms with Crippen molar-refractivity contribution in [2.24, 2.45) is 0 Å². The van der Waals surface area contributed by atoms with Crippen LogP contribution in [-0.2, 0) is 11.3 Å². The van der Waals surface area contributed by atoms with Gasteiger partial charge in [-0.1, -0.05) is 12.7 Å². The molecule has 4 nitrogen and oxygen atoms in total. The van der Waals surface area contributed by atoms with Crippen LogP contribution in [-0.4, -0.2) is 26.1 Å². The average Bonchev–Trinajstić information content (AvgIpc) is 2.56. The molecule has 2 rings (SSSR count). The van der Waals surface area contributed by atoms with Gasteiger partial charge in [0.25, 0.3) is 5.91 Å². The summed E-state index contributed by atoms with van der Waals surface area (Å²) in [4.78, 5) is 13.1. The average molecular weight is 329 g/mol. The second-order valence-corrected chi connectivity index (χ2v) is 5.61. The first-order valence-electron chi connectivity index (χ1n) is 7.76. The first-order valence-corrected chi connectivity index (χ1v) is 7.76. The molecule has 2 aromatic carbocycles. The highest BCUT2D eigenvalue weighted by Gasteiger charge is 2.11. The van der Waals surface area contributed by atoms with Crippen LogP contribution in [0.3, 0.4) is 0 Å². The number of amides is 1. The Labute approximate surface area is 141 Å². The summed E-state index contributed by atoms with van der Waals surface area (Å²) in [5.74, 6) is 0.367. The molecule has 0 saturated carbocycles. The third-order valence-electron chi connectivity index (χ3n) is 3.39. The maximum Gasteiger partial charge on any atom is 0.279 e. The number of halogens is 1. The Kier molecular flexibility index (Phi) is 6.51. The molecule has 0 fully saturated rings. The van der Waals surface area contributed by atoms with Crippen LogP contribution >= 0.6 is 0 Å². The van der Waals surface area contributed by atoms with Crippen molar-refractivity contribution in [2.75, 3.05) is 25.5 Å². The van der Waals surface area contributed by atoms with Crippen molar-refractivity contribution in [3.8, 4) is 5.75 Å².